The molecule has 1 N–H and O–H groups in total. The molecule has 8 heteroatoms. The van der Waals surface area contributed by atoms with Gasteiger partial charge in [0.15, 0.2) is 15.5 Å². The van der Waals surface area contributed by atoms with Gasteiger partial charge >= 0.3 is 0 Å². The van der Waals surface area contributed by atoms with Crippen LogP contribution in [0, 0.1) is 6.92 Å². The molecule has 0 aliphatic rings. The molecule has 0 spiro atoms. The van der Waals surface area contributed by atoms with Crippen molar-refractivity contribution < 1.29 is 8.42 Å². The van der Waals surface area contributed by atoms with Crippen LogP contribution in [0.15, 0.2) is 59.6 Å². The minimum atomic E-state index is -3.21. The summed E-state index contributed by atoms with van der Waals surface area (Å²) in [5.74, 6) is 0.456. The Labute approximate surface area is 155 Å². The second kappa shape index (κ2) is 6.22. The smallest absolute Gasteiger partial charge is 0.247 e. The summed E-state index contributed by atoms with van der Waals surface area (Å²) in [5.41, 5.74) is 2.52. The van der Waals surface area contributed by atoms with Crippen molar-refractivity contribution in [1.29, 1.82) is 0 Å². The van der Waals surface area contributed by atoms with Gasteiger partial charge < -0.3 is 5.32 Å². The molecule has 4 rings (SSSR count). The summed E-state index contributed by atoms with van der Waals surface area (Å²) >= 11 is 1.71. The zero-order valence-electron chi connectivity index (χ0n) is 14.2. The first-order valence-electron chi connectivity index (χ1n) is 7.89. The number of aromatic nitrogens is 3. The fourth-order valence-electron chi connectivity index (χ4n) is 2.65. The molecule has 26 heavy (non-hydrogen) atoms. The van der Waals surface area contributed by atoms with Gasteiger partial charge in [-0.05, 0) is 55.5 Å². The number of anilines is 2. The molecule has 0 unspecified atom stereocenters. The fraction of sp³-hybridized carbons (Fsp3) is 0.111. The summed E-state index contributed by atoms with van der Waals surface area (Å²) in [5, 5.41) is 7.57. The quantitative estimate of drug-likeness (QED) is 0.577. The molecule has 0 amide bonds. The van der Waals surface area contributed by atoms with Crippen molar-refractivity contribution in [2.75, 3.05) is 11.6 Å². The molecule has 132 valence electrons. The summed E-state index contributed by atoms with van der Waals surface area (Å²) in [6, 6.07) is 14.7. The molecule has 0 aliphatic heterocycles. The normalized spacial score (nSPS) is 11.8. The van der Waals surface area contributed by atoms with E-state index in [1.54, 1.807) is 40.1 Å². The standard InChI is InChI=1S/C18H16N4O2S2/c1-12-5-10-16(25-12)15-4-3-11-22-17(15)20-18(21-22)19-13-6-8-14(9-7-13)26(2,23)24/h3-11H,1-2H3,(H,19,21). The van der Waals surface area contributed by atoms with Crippen molar-refractivity contribution in [2.24, 2.45) is 0 Å². The number of thiophene rings is 1. The molecule has 0 saturated heterocycles. The predicted molar refractivity (Wildman–Crippen MR) is 104 cm³/mol. The van der Waals surface area contributed by atoms with Crippen LogP contribution in [0.1, 0.15) is 4.88 Å². The van der Waals surface area contributed by atoms with Crippen LogP contribution in [-0.2, 0) is 9.84 Å². The van der Waals surface area contributed by atoms with E-state index in [1.807, 2.05) is 18.3 Å². The number of pyridine rings is 1. The molecule has 0 bridgehead atoms. The first-order chi connectivity index (χ1) is 12.4. The molecule has 0 atom stereocenters. The van der Waals surface area contributed by atoms with Gasteiger partial charge in [0, 0.05) is 33.5 Å². The third-order valence-electron chi connectivity index (χ3n) is 3.91. The average Bonchev–Trinajstić information content (AvgIpc) is 3.19. The molecule has 1 aromatic carbocycles. The van der Waals surface area contributed by atoms with Gasteiger partial charge in [0.05, 0.1) is 4.90 Å². The van der Waals surface area contributed by atoms with Crippen molar-refractivity contribution >= 4 is 38.5 Å². The summed E-state index contributed by atoms with van der Waals surface area (Å²) in [6.45, 7) is 2.07. The molecule has 0 aliphatic carbocycles. The number of hydrogen-bond acceptors (Lipinski definition) is 6. The van der Waals surface area contributed by atoms with Crippen molar-refractivity contribution in [3.63, 3.8) is 0 Å². The third kappa shape index (κ3) is 3.21. The van der Waals surface area contributed by atoms with E-state index >= 15 is 0 Å². The third-order valence-corrected chi connectivity index (χ3v) is 6.07. The predicted octanol–water partition coefficient (Wildman–Crippen LogP) is 3.91. The average molecular weight is 384 g/mol. The molecule has 6 nitrogen and oxygen atoms in total. The maximum absolute atomic E-state index is 11.5. The van der Waals surface area contributed by atoms with Gasteiger partial charge in [-0.2, -0.15) is 4.98 Å². The fourth-order valence-corrected chi connectivity index (χ4v) is 4.16. The first kappa shape index (κ1) is 16.7. The van der Waals surface area contributed by atoms with E-state index in [9.17, 15) is 8.42 Å². The summed E-state index contributed by atoms with van der Waals surface area (Å²) in [7, 11) is -3.21. The molecular formula is C18H16N4O2S2. The van der Waals surface area contributed by atoms with Crippen LogP contribution in [-0.4, -0.2) is 29.3 Å². The minimum Gasteiger partial charge on any atom is -0.323 e. The zero-order chi connectivity index (χ0) is 18.3. The Bertz CT molecular complexity index is 1190. The van der Waals surface area contributed by atoms with Crippen molar-refractivity contribution in [1.82, 2.24) is 14.6 Å². The number of nitrogens with one attached hydrogen (secondary N) is 1. The molecule has 0 fully saturated rings. The number of fused-ring (bicyclic) bond motifs is 1. The lowest BCUT2D eigenvalue weighted by Crippen LogP contribution is -1.98. The summed E-state index contributed by atoms with van der Waals surface area (Å²) in [4.78, 5) is 7.26. The van der Waals surface area contributed by atoms with Gasteiger partial charge in [-0.25, -0.2) is 12.9 Å². The van der Waals surface area contributed by atoms with Crippen LogP contribution >= 0.6 is 11.3 Å². The summed E-state index contributed by atoms with van der Waals surface area (Å²) < 4.78 is 24.8. The molecule has 0 saturated carbocycles. The number of hydrogen-bond donors (Lipinski definition) is 1. The molecule has 3 aromatic heterocycles. The lowest BCUT2D eigenvalue weighted by atomic mass is 10.2. The van der Waals surface area contributed by atoms with Crippen LogP contribution in [0.3, 0.4) is 0 Å². The van der Waals surface area contributed by atoms with Gasteiger partial charge in [0.2, 0.25) is 5.95 Å². The van der Waals surface area contributed by atoms with Crippen molar-refractivity contribution in [2.45, 2.75) is 11.8 Å². The molecular weight excluding hydrogens is 368 g/mol. The number of benzene rings is 1. The van der Waals surface area contributed by atoms with Crippen LogP contribution in [0.5, 0.6) is 0 Å². The maximum atomic E-state index is 11.5. The Kier molecular flexibility index (Phi) is 4.01. The van der Waals surface area contributed by atoms with E-state index in [1.165, 1.54) is 11.1 Å². The van der Waals surface area contributed by atoms with E-state index in [0.29, 0.717) is 5.95 Å². The van der Waals surface area contributed by atoms with Gasteiger partial charge in [-0.3, -0.25) is 0 Å². The topological polar surface area (TPSA) is 76.4 Å². The van der Waals surface area contributed by atoms with Crippen LogP contribution < -0.4 is 5.32 Å². The highest BCUT2D eigenvalue weighted by Crippen LogP contribution is 2.30. The Morgan fingerprint density at radius 1 is 1.08 bits per heavy atom. The number of rotatable bonds is 4. The highest BCUT2D eigenvalue weighted by molar-refractivity contribution is 7.90. The first-order valence-corrected chi connectivity index (χ1v) is 10.6. The molecule has 3 heterocycles. The Balaban J connectivity index is 1.68. The van der Waals surface area contributed by atoms with Gasteiger partial charge in [0.1, 0.15) is 0 Å². The monoisotopic (exact) mass is 384 g/mol. The second-order valence-corrected chi connectivity index (χ2v) is 9.26. The number of aryl methyl sites for hydroxylation is 1. The van der Waals surface area contributed by atoms with Gasteiger partial charge in [-0.15, -0.1) is 16.4 Å². The highest BCUT2D eigenvalue weighted by Gasteiger charge is 2.12. The zero-order valence-corrected chi connectivity index (χ0v) is 15.8. The largest absolute Gasteiger partial charge is 0.323 e. The second-order valence-electron chi connectivity index (χ2n) is 5.96. The Hall–Kier alpha value is -2.71. The van der Waals surface area contributed by atoms with E-state index in [-0.39, 0.29) is 4.90 Å². The summed E-state index contributed by atoms with van der Waals surface area (Å²) in [6.07, 6.45) is 3.04. The molecule has 0 radical (unpaired) electrons. The Morgan fingerprint density at radius 3 is 2.50 bits per heavy atom. The van der Waals surface area contributed by atoms with Crippen molar-refractivity contribution in [3.8, 4) is 10.4 Å². The van der Waals surface area contributed by atoms with Gasteiger partial charge in [-0.1, -0.05) is 0 Å². The van der Waals surface area contributed by atoms with Crippen molar-refractivity contribution in [3.05, 3.63) is 59.6 Å². The molecule has 4 aromatic rings. The maximum Gasteiger partial charge on any atom is 0.247 e. The lowest BCUT2D eigenvalue weighted by molar-refractivity contribution is 0.602. The van der Waals surface area contributed by atoms with Crippen LogP contribution in [0.4, 0.5) is 11.6 Å². The number of sulfone groups is 1. The number of nitrogens with zero attached hydrogens (tertiary/aromatic N) is 3. The Morgan fingerprint density at radius 2 is 1.85 bits per heavy atom. The van der Waals surface area contributed by atoms with E-state index < -0.39 is 9.84 Å². The van der Waals surface area contributed by atoms with E-state index in [2.05, 4.69) is 34.5 Å². The van der Waals surface area contributed by atoms with Crippen LogP contribution in [0.25, 0.3) is 16.1 Å². The minimum absolute atomic E-state index is 0.279. The van der Waals surface area contributed by atoms with E-state index in [4.69, 9.17) is 0 Å². The lowest BCUT2D eigenvalue weighted by Gasteiger charge is -2.02. The van der Waals surface area contributed by atoms with Crippen LogP contribution in [0.2, 0.25) is 0 Å². The SMILES string of the molecule is Cc1ccc(-c2cccn3nc(Nc4ccc(S(C)(=O)=O)cc4)nc23)s1. The van der Waals surface area contributed by atoms with Gasteiger partial charge in [0.25, 0.3) is 0 Å². The van der Waals surface area contributed by atoms with E-state index in [0.717, 1.165) is 21.8 Å². The highest BCUT2D eigenvalue weighted by atomic mass is 32.2.